The van der Waals surface area contributed by atoms with E-state index in [9.17, 15) is 0 Å². The minimum atomic E-state index is 0.796. The van der Waals surface area contributed by atoms with E-state index in [1.807, 2.05) is 18.2 Å². The van der Waals surface area contributed by atoms with E-state index in [1.165, 1.54) is 0 Å². The second kappa shape index (κ2) is 2.75. The van der Waals surface area contributed by atoms with Crippen molar-refractivity contribution in [1.82, 2.24) is 0 Å². The standard InChI is InChI=1S/C9H8O2S/c1-10-6-2-3-7-8(4-6)11-5-9(7)12/h2-5,12H,1H3. The minimum absolute atomic E-state index is 0.796. The van der Waals surface area contributed by atoms with Gasteiger partial charge >= 0.3 is 0 Å². The molecule has 3 heteroatoms. The normalized spacial score (nSPS) is 10.5. The van der Waals surface area contributed by atoms with E-state index >= 15 is 0 Å². The van der Waals surface area contributed by atoms with Crippen LogP contribution in [0, 0.1) is 0 Å². The van der Waals surface area contributed by atoms with E-state index < -0.39 is 0 Å². The van der Waals surface area contributed by atoms with Crippen LogP contribution in [-0.2, 0) is 0 Å². The highest BCUT2D eigenvalue weighted by atomic mass is 32.1. The zero-order chi connectivity index (χ0) is 8.55. The average molecular weight is 180 g/mol. The molecule has 0 aliphatic carbocycles. The van der Waals surface area contributed by atoms with Crippen molar-refractivity contribution in [2.24, 2.45) is 0 Å². The summed E-state index contributed by atoms with van der Waals surface area (Å²) in [7, 11) is 1.63. The number of rotatable bonds is 1. The second-order valence-electron chi connectivity index (χ2n) is 2.48. The molecule has 0 spiro atoms. The summed E-state index contributed by atoms with van der Waals surface area (Å²) in [6.45, 7) is 0. The smallest absolute Gasteiger partial charge is 0.138 e. The number of fused-ring (bicyclic) bond motifs is 1. The fourth-order valence-electron chi connectivity index (χ4n) is 1.12. The van der Waals surface area contributed by atoms with Crippen LogP contribution in [0.1, 0.15) is 0 Å². The summed E-state index contributed by atoms with van der Waals surface area (Å²) in [5.74, 6) is 0.796. The van der Waals surface area contributed by atoms with Gasteiger partial charge in [-0.3, -0.25) is 0 Å². The first-order valence-electron chi connectivity index (χ1n) is 3.55. The molecular weight excluding hydrogens is 172 g/mol. The van der Waals surface area contributed by atoms with E-state index in [1.54, 1.807) is 13.4 Å². The first-order chi connectivity index (χ1) is 5.81. The summed E-state index contributed by atoms with van der Waals surface area (Å²) in [5.41, 5.74) is 0.805. The van der Waals surface area contributed by atoms with Crippen LogP contribution in [0.25, 0.3) is 11.0 Å². The van der Waals surface area contributed by atoms with Gasteiger partial charge in [0.05, 0.1) is 12.0 Å². The lowest BCUT2D eigenvalue weighted by Gasteiger charge is -1.97. The first kappa shape index (κ1) is 7.55. The molecule has 0 radical (unpaired) electrons. The van der Waals surface area contributed by atoms with Crippen molar-refractivity contribution in [3.63, 3.8) is 0 Å². The van der Waals surface area contributed by atoms with Gasteiger partial charge in [0.2, 0.25) is 0 Å². The molecule has 0 N–H and O–H groups in total. The molecule has 1 aromatic carbocycles. The SMILES string of the molecule is COc1ccc2c(S)coc2c1. The van der Waals surface area contributed by atoms with Crippen molar-refractivity contribution in [3.8, 4) is 5.75 Å². The van der Waals surface area contributed by atoms with E-state index in [2.05, 4.69) is 12.6 Å². The number of hydrogen-bond acceptors (Lipinski definition) is 3. The van der Waals surface area contributed by atoms with Crippen molar-refractivity contribution >= 4 is 23.6 Å². The molecule has 62 valence electrons. The fourth-order valence-corrected chi connectivity index (χ4v) is 1.36. The monoisotopic (exact) mass is 180 g/mol. The molecule has 0 amide bonds. The molecule has 0 atom stereocenters. The summed E-state index contributed by atoms with van der Waals surface area (Å²) in [6, 6.07) is 5.66. The predicted molar refractivity (Wildman–Crippen MR) is 50.0 cm³/mol. The molecule has 2 nitrogen and oxygen atoms in total. The molecule has 2 aromatic rings. The fraction of sp³-hybridized carbons (Fsp3) is 0.111. The quantitative estimate of drug-likeness (QED) is 0.682. The first-order valence-corrected chi connectivity index (χ1v) is 4.00. The highest BCUT2D eigenvalue weighted by Crippen LogP contribution is 2.27. The van der Waals surface area contributed by atoms with E-state index in [0.717, 1.165) is 21.6 Å². The Kier molecular flexibility index (Phi) is 1.73. The lowest BCUT2D eigenvalue weighted by Crippen LogP contribution is -1.80. The van der Waals surface area contributed by atoms with Crippen molar-refractivity contribution in [2.75, 3.05) is 7.11 Å². The number of methoxy groups -OCH3 is 1. The van der Waals surface area contributed by atoms with Crippen LogP contribution in [0.2, 0.25) is 0 Å². The van der Waals surface area contributed by atoms with Crippen LogP contribution in [-0.4, -0.2) is 7.11 Å². The second-order valence-corrected chi connectivity index (χ2v) is 2.96. The maximum Gasteiger partial charge on any atom is 0.138 e. The van der Waals surface area contributed by atoms with E-state index in [0.29, 0.717) is 0 Å². The summed E-state index contributed by atoms with van der Waals surface area (Å²) >= 11 is 4.23. The Morgan fingerprint density at radius 3 is 3.00 bits per heavy atom. The summed E-state index contributed by atoms with van der Waals surface area (Å²) in [6.07, 6.45) is 1.62. The minimum Gasteiger partial charge on any atom is -0.497 e. The molecule has 0 saturated heterocycles. The Morgan fingerprint density at radius 1 is 1.42 bits per heavy atom. The van der Waals surface area contributed by atoms with Gasteiger partial charge in [0.1, 0.15) is 17.6 Å². The summed E-state index contributed by atoms with van der Waals surface area (Å²) in [4.78, 5) is 0.854. The maximum atomic E-state index is 5.23. The Bertz CT molecular complexity index is 406. The Balaban J connectivity index is 2.69. The average Bonchev–Trinajstić information content (AvgIpc) is 2.47. The third-order valence-electron chi connectivity index (χ3n) is 1.76. The van der Waals surface area contributed by atoms with Gasteiger partial charge in [-0.15, -0.1) is 12.6 Å². The maximum absolute atomic E-state index is 5.23. The molecule has 0 aliphatic heterocycles. The molecular formula is C9H8O2S. The van der Waals surface area contributed by atoms with E-state index in [4.69, 9.17) is 9.15 Å². The number of benzene rings is 1. The van der Waals surface area contributed by atoms with Gasteiger partial charge in [-0.05, 0) is 12.1 Å². The van der Waals surface area contributed by atoms with Crippen LogP contribution < -0.4 is 4.74 Å². The molecule has 0 bridgehead atoms. The van der Waals surface area contributed by atoms with Gasteiger partial charge in [0.25, 0.3) is 0 Å². The number of furan rings is 1. The Hall–Kier alpha value is -1.09. The highest BCUT2D eigenvalue weighted by molar-refractivity contribution is 7.80. The molecule has 1 heterocycles. The van der Waals surface area contributed by atoms with Crippen molar-refractivity contribution < 1.29 is 9.15 Å². The van der Waals surface area contributed by atoms with Gasteiger partial charge in [-0.25, -0.2) is 0 Å². The number of ether oxygens (including phenoxy) is 1. The lowest BCUT2D eigenvalue weighted by atomic mass is 10.2. The van der Waals surface area contributed by atoms with Crippen LogP contribution >= 0.6 is 12.6 Å². The van der Waals surface area contributed by atoms with Gasteiger partial charge in [0.15, 0.2) is 0 Å². The third-order valence-corrected chi connectivity index (χ3v) is 2.11. The third kappa shape index (κ3) is 1.06. The molecule has 1 aromatic heterocycles. The van der Waals surface area contributed by atoms with Gasteiger partial charge in [0, 0.05) is 11.5 Å². The van der Waals surface area contributed by atoms with E-state index in [-0.39, 0.29) is 0 Å². The van der Waals surface area contributed by atoms with Crippen LogP contribution in [0.4, 0.5) is 0 Å². The largest absolute Gasteiger partial charge is 0.497 e. The van der Waals surface area contributed by atoms with Gasteiger partial charge in [-0.1, -0.05) is 0 Å². The lowest BCUT2D eigenvalue weighted by molar-refractivity contribution is 0.414. The predicted octanol–water partition coefficient (Wildman–Crippen LogP) is 2.73. The molecule has 2 rings (SSSR count). The zero-order valence-corrected chi connectivity index (χ0v) is 7.47. The number of thiol groups is 1. The Labute approximate surface area is 75.5 Å². The van der Waals surface area contributed by atoms with Crippen molar-refractivity contribution in [1.29, 1.82) is 0 Å². The van der Waals surface area contributed by atoms with Crippen molar-refractivity contribution in [2.45, 2.75) is 4.90 Å². The molecule has 0 unspecified atom stereocenters. The van der Waals surface area contributed by atoms with Crippen LogP contribution in [0.3, 0.4) is 0 Å². The molecule has 0 saturated carbocycles. The topological polar surface area (TPSA) is 22.4 Å². The molecule has 0 aliphatic rings. The van der Waals surface area contributed by atoms with Gasteiger partial charge < -0.3 is 9.15 Å². The van der Waals surface area contributed by atoms with Gasteiger partial charge in [-0.2, -0.15) is 0 Å². The summed E-state index contributed by atoms with van der Waals surface area (Å²) in [5, 5.41) is 1.01. The highest BCUT2D eigenvalue weighted by Gasteiger charge is 2.02. The molecule has 0 fully saturated rings. The molecule has 12 heavy (non-hydrogen) atoms. The number of hydrogen-bond donors (Lipinski definition) is 1. The van der Waals surface area contributed by atoms with Crippen molar-refractivity contribution in [3.05, 3.63) is 24.5 Å². The zero-order valence-electron chi connectivity index (χ0n) is 6.57. The Morgan fingerprint density at radius 2 is 2.25 bits per heavy atom. The summed E-state index contributed by atoms with van der Waals surface area (Å²) < 4.78 is 10.3. The van der Waals surface area contributed by atoms with Crippen LogP contribution in [0.15, 0.2) is 33.8 Å². The van der Waals surface area contributed by atoms with Crippen LogP contribution in [0.5, 0.6) is 5.75 Å².